The van der Waals surface area contributed by atoms with Crippen LogP contribution < -0.4 is 9.47 Å². The predicted molar refractivity (Wildman–Crippen MR) is 134 cm³/mol. The molecular weight excluding hydrogens is 430 g/mol. The van der Waals surface area contributed by atoms with Crippen molar-refractivity contribution in [3.05, 3.63) is 48.6 Å². The number of hydrogen-bond acceptors (Lipinski definition) is 4. The lowest BCUT2D eigenvalue weighted by Crippen LogP contribution is -2.52. The Kier molecular flexibility index (Phi) is 6.29. The van der Waals surface area contributed by atoms with Gasteiger partial charge in [-0.05, 0) is 61.6 Å². The van der Waals surface area contributed by atoms with Crippen LogP contribution in [0.15, 0.2) is 43.0 Å². The van der Waals surface area contributed by atoms with Gasteiger partial charge >= 0.3 is 0 Å². The van der Waals surface area contributed by atoms with Gasteiger partial charge in [0.2, 0.25) is 5.91 Å². The number of aliphatic hydroxyl groups is 1. The molecule has 1 unspecified atom stereocenters. The third kappa shape index (κ3) is 3.48. The quantitative estimate of drug-likeness (QED) is 0.296. The molecule has 2 fully saturated rings. The van der Waals surface area contributed by atoms with Gasteiger partial charge in [0.05, 0.1) is 27.3 Å². The van der Waals surface area contributed by atoms with E-state index in [2.05, 4.69) is 38.4 Å². The number of carbonyl (C=O) groups excluding carboxylic acids is 1. The molecule has 0 radical (unpaired) electrons. The standard InChI is InChI=1S/C27H39NO4Si/c1-7-8-9-15-26(30)24-20-11-12-21(18-20)27(24,33(4,5)6)25(29)28(26)16-14-19-10-13-22(31-2)23(17-19)32-3/h7,10-13,17,20-21,24,30H,1,8-9,14-16,18H2,2-6H3/t20-,21+,24+,26?,27-/m0/s1. The fraction of sp³-hybridized carbons (Fsp3) is 0.593. The molecule has 1 saturated carbocycles. The highest BCUT2D eigenvalue weighted by atomic mass is 28.3. The highest BCUT2D eigenvalue weighted by Gasteiger charge is 2.77. The van der Waals surface area contributed by atoms with Crippen molar-refractivity contribution < 1.29 is 19.4 Å². The molecule has 3 aliphatic rings. The number of rotatable bonds is 10. The molecule has 33 heavy (non-hydrogen) atoms. The van der Waals surface area contributed by atoms with E-state index in [0.717, 1.165) is 24.8 Å². The van der Waals surface area contributed by atoms with E-state index in [4.69, 9.17) is 9.47 Å². The number of fused-ring (bicyclic) bond motifs is 5. The first-order valence-corrected chi connectivity index (χ1v) is 15.7. The van der Waals surface area contributed by atoms with Crippen LogP contribution in [0.1, 0.15) is 31.2 Å². The lowest BCUT2D eigenvalue weighted by Gasteiger charge is -2.46. The van der Waals surface area contributed by atoms with Gasteiger partial charge in [-0.15, -0.1) is 6.58 Å². The summed E-state index contributed by atoms with van der Waals surface area (Å²) >= 11 is 0. The summed E-state index contributed by atoms with van der Waals surface area (Å²) in [6.45, 7) is 11.3. The zero-order valence-electron chi connectivity index (χ0n) is 20.8. The third-order valence-electron chi connectivity index (χ3n) is 8.45. The summed E-state index contributed by atoms with van der Waals surface area (Å²) in [7, 11) is 1.29. The zero-order valence-corrected chi connectivity index (χ0v) is 21.8. The monoisotopic (exact) mass is 469 g/mol. The minimum absolute atomic E-state index is 0.0191. The average molecular weight is 470 g/mol. The number of likely N-dealkylation sites (tertiary alicyclic amines) is 1. The Morgan fingerprint density at radius 3 is 2.58 bits per heavy atom. The van der Waals surface area contributed by atoms with Crippen molar-refractivity contribution in [3.8, 4) is 11.5 Å². The van der Waals surface area contributed by atoms with Gasteiger partial charge in [-0.25, -0.2) is 0 Å². The molecule has 1 amide bonds. The first kappa shape index (κ1) is 24.1. The Balaban J connectivity index is 1.69. The van der Waals surface area contributed by atoms with Gasteiger partial charge in [0, 0.05) is 12.5 Å². The van der Waals surface area contributed by atoms with Crippen molar-refractivity contribution >= 4 is 14.0 Å². The van der Waals surface area contributed by atoms with Gasteiger partial charge in [0.25, 0.3) is 0 Å². The first-order chi connectivity index (χ1) is 15.6. The Morgan fingerprint density at radius 2 is 1.94 bits per heavy atom. The van der Waals surface area contributed by atoms with Crippen LogP contribution in [0.5, 0.6) is 11.5 Å². The van der Waals surface area contributed by atoms with Crippen molar-refractivity contribution in [1.82, 2.24) is 4.90 Å². The normalized spacial score (nSPS) is 32.4. The van der Waals surface area contributed by atoms with E-state index in [1.807, 2.05) is 29.2 Å². The average Bonchev–Trinajstić information content (AvgIpc) is 3.44. The number of unbranched alkanes of at least 4 members (excludes halogenated alkanes) is 1. The number of methoxy groups -OCH3 is 2. The summed E-state index contributed by atoms with van der Waals surface area (Å²) in [5.41, 5.74) is -0.0460. The van der Waals surface area contributed by atoms with Crippen LogP contribution in [0.25, 0.3) is 0 Å². The number of hydrogen-bond donors (Lipinski definition) is 1. The third-order valence-corrected chi connectivity index (χ3v) is 11.8. The molecule has 0 spiro atoms. The van der Waals surface area contributed by atoms with Crippen LogP contribution in [0.4, 0.5) is 0 Å². The maximum absolute atomic E-state index is 14.3. The van der Waals surface area contributed by atoms with E-state index >= 15 is 0 Å². The van der Waals surface area contributed by atoms with Gasteiger partial charge in [-0.1, -0.05) is 43.9 Å². The maximum atomic E-state index is 14.3. The second kappa shape index (κ2) is 8.62. The number of allylic oxidation sites excluding steroid dienone is 3. The topological polar surface area (TPSA) is 59.0 Å². The van der Waals surface area contributed by atoms with Crippen molar-refractivity contribution in [2.75, 3.05) is 20.8 Å². The SMILES string of the molecule is C=CCCCC1(O)[C@H]2[C@H]3C=C[C@H](C3)[C@@]2([Si](C)(C)C)C(=O)N1CCc1ccc(OC)c(OC)c1. The van der Waals surface area contributed by atoms with Crippen LogP contribution >= 0.6 is 0 Å². The maximum Gasteiger partial charge on any atom is 0.229 e. The molecule has 2 bridgehead atoms. The number of amides is 1. The largest absolute Gasteiger partial charge is 0.493 e. The van der Waals surface area contributed by atoms with E-state index in [9.17, 15) is 9.90 Å². The lowest BCUT2D eigenvalue weighted by molar-refractivity contribution is -0.155. The Morgan fingerprint density at radius 1 is 1.21 bits per heavy atom. The fourth-order valence-corrected chi connectivity index (χ4v) is 10.6. The molecule has 180 valence electrons. The van der Waals surface area contributed by atoms with Crippen LogP contribution in [0, 0.1) is 17.8 Å². The van der Waals surface area contributed by atoms with E-state index in [1.54, 1.807) is 14.2 Å². The highest BCUT2D eigenvalue weighted by molar-refractivity contribution is 6.83. The van der Waals surface area contributed by atoms with E-state index in [-0.39, 0.29) is 23.7 Å². The Bertz CT molecular complexity index is 954. The summed E-state index contributed by atoms with van der Waals surface area (Å²) in [5.74, 6) is 2.07. The lowest BCUT2D eigenvalue weighted by atomic mass is 9.77. The molecule has 1 aromatic carbocycles. The summed E-state index contributed by atoms with van der Waals surface area (Å²) in [5, 5.41) is 11.9. The van der Waals surface area contributed by atoms with Gasteiger partial charge in [-0.3, -0.25) is 4.79 Å². The van der Waals surface area contributed by atoms with Gasteiger partial charge in [0.15, 0.2) is 11.5 Å². The van der Waals surface area contributed by atoms with Gasteiger partial charge in [-0.2, -0.15) is 0 Å². The van der Waals surface area contributed by atoms with Crippen LogP contribution in [0.3, 0.4) is 0 Å². The summed E-state index contributed by atoms with van der Waals surface area (Å²) in [4.78, 5) is 16.2. The van der Waals surface area contributed by atoms with Crippen molar-refractivity contribution in [2.45, 2.75) is 62.5 Å². The predicted octanol–water partition coefficient (Wildman–Crippen LogP) is 5.03. The number of ether oxygens (including phenoxy) is 2. The molecule has 5 nitrogen and oxygen atoms in total. The molecule has 6 heteroatoms. The second-order valence-electron chi connectivity index (χ2n) is 10.9. The van der Waals surface area contributed by atoms with E-state index in [0.29, 0.717) is 30.9 Å². The smallest absolute Gasteiger partial charge is 0.229 e. The number of nitrogens with zero attached hydrogens (tertiary/aromatic N) is 1. The van der Waals surface area contributed by atoms with Crippen molar-refractivity contribution in [2.24, 2.45) is 17.8 Å². The Hall–Kier alpha value is -2.05. The van der Waals surface area contributed by atoms with Crippen LogP contribution in [-0.2, 0) is 11.2 Å². The minimum atomic E-state index is -1.96. The molecular formula is C27H39NO4Si. The van der Waals surface area contributed by atoms with Crippen molar-refractivity contribution in [1.29, 1.82) is 0 Å². The summed E-state index contributed by atoms with van der Waals surface area (Å²) in [6, 6.07) is 5.88. The number of benzene rings is 1. The summed E-state index contributed by atoms with van der Waals surface area (Å²) in [6.07, 6.45) is 10.4. The van der Waals surface area contributed by atoms with E-state index < -0.39 is 18.8 Å². The highest BCUT2D eigenvalue weighted by Crippen LogP contribution is 2.73. The fourth-order valence-electron chi connectivity index (χ4n) is 7.16. The Labute approximate surface area is 199 Å². The van der Waals surface area contributed by atoms with Gasteiger partial charge in [0.1, 0.15) is 5.72 Å². The van der Waals surface area contributed by atoms with Crippen LogP contribution in [0.2, 0.25) is 24.7 Å². The molecule has 2 aliphatic carbocycles. The first-order valence-electron chi connectivity index (χ1n) is 12.2. The summed E-state index contributed by atoms with van der Waals surface area (Å²) < 4.78 is 10.8. The molecule has 1 heterocycles. The van der Waals surface area contributed by atoms with Crippen molar-refractivity contribution in [3.63, 3.8) is 0 Å². The molecule has 4 rings (SSSR count). The van der Waals surface area contributed by atoms with Crippen LogP contribution in [-0.4, -0.2) is 50.5 Å². The molecule has 5 atom stereocenters. The zero-order chi connectivity index (χ0) is 24.0. The van der Waals surface area contributed by atoms with E-state index in [1.165, 1.54) is 0 Å². The molecule has 1 aromatic rings. The molecule has 1 saturated heterocycles. The number of carbonyl (C=O) groups is 1. The minimum Gasteiger partial charge on any atom is -0.493 e. The molecule has 0 aromatic heterocycles. The van der Waals surface area contributed by atoms with Gasteiger partial charge < -0.3 is 19.5 Å². The molecule has 1 N–H and O–H groups in total. The second-order valence-corrected chi connectivity index (χ2v) is 16.3. The molecule has 1 aliphatic heterocycles.